The Hall–Kier alpha value is -2.81. The first-order valence-electron chi connectivity index (χ1n) is 13.5. The van der Waals surface area contributed by atoms with Crippen LogP contribution in [0.3, 0.4) is 0 Å². The van der Waals surface area contributed by atoms with Gasteiger partial charge in [0.1, 0.15) is 12.2 Å². The van der Waals surface area contributed by atoms with Crippen molar-refractivity contribution >= 4 is 23.3 Å². The van der Waals surface area contributed by atoms with E-state index in [-0.39, 0.29) is 30.5 Å². The van der Waals surface area contributed by atoms with E-state index in [9.17, 15) is 9.59 Å². The lowest BCUT2D eigenvalue weighted by atomic mass is 9.98. The molecule has 0 aliphatic carbocycles. The summed E-state index contributed by atoms with van der Waals surface area (Å²) in [5, 5.41) is 2.90. The lowest BCUT2D eigenvalue weighted by Crippen LogP contribution is -2.28. The van der Waals surface area contributed by atoms with Crippen molar-refractivity contribution in [2.24, 2.45) is 5.73 Å². The van der Waals surface area contributed by atoms with Crippen LogP contribution in [0.2, 0.25) is 0 Å². The molecule has 1 aromatic heterocycles. The molecule has 1 aliphatic rings. The first-order valence-corrected chi connectivity index (χ1v) is 14.4. The Bertz CT molecular complexity index is 1110. The van der Waals surface area contributed by atoms with E-state index in [4.69, 9.17) is 20.2 Å². The van der Waals surface area contributed by atoms with E-state index in [0.29, 0.717) is 19.3 Å². The Balaban J connectivity index is 2.30. The fraction of sp³-hybridized carbons (Fsp3) is 0.516. The van der Waals surface area contributed by atoms with Gasteiger partial charge in [-0.2, -0.15) is 0 Å². The number of rotatable bonds is 5. The number of aromatic nitrogens is 1. The van der Waals surface area contributed by atoms with E-state index < -0.39 is 12.1 Å². The number of fused-ring (bicyclic) bond motifs is 2. The average Bonchev–Trinajstić information content (AvgIpc) is 3.29. The minimum Gasteiger partial charge on any atom is -0.462 e. The molecule has 39 heavy (non-hydrogen) atoms. The molecule has 7 nitrogen and oxygen atoms in total. The third kappa shape index (κ3) is 13.2. The summed E-state index contributed by atoms with van der Waals surface area (Å²) in [5.41, 5.74) is 10.4. The standard InChI is InChI=1S/C31H45N3O4S/c1-21(13-14-34(6)7)11-12-23(3)16-27-19-29-33-28(20-39-29)24(4)17-26(32)18-31(36)37-25(5)15-22(2)9-8-10-30(35)38-27/h8-13,16,20,24-27H,14-15,17-19,32H2,1-7H3/b10-8-,12-11+,21-13+,22-9-,23-16+/t24-,25-,26+,27+/m0/s1. The maximum Gasteiger partial charge on any atom is 0.331 e. The van der Waals surface area contributed by atoms with Crippen LogP contribution in [-0.2, 0) is 25.5 Å². The number of carbonyl (C=O) groups excluding carboxylic acids is 2. The third-order valence-corrected chi connectivity index (χ3v) is 7.08. The van der Waals surface area contributed by atoms with Gasteiger partial charge in [-0.25, -0.2) is 9.78 Å². The minimum atomic E-state index is -0.465. The van der Waals surface area contributed by atoms with Gasteiger partial charge in [0.05, 0.1) is 17.1 Å². The Kier molecular flexibility index (Phi) is 13.6. The summed E-state index contributed by atoms with van der Waals surface area (Å²) in [6, 6.07) is -0.312. The van der Waals surface area contributed by atoms with Gasteiger partial charge in [-0.3, -0.25) is 4.79 Å². The molecule has 0 saturated heterocycles. The quantitative estimate of drug-likeness (QED) is 0.370. The molecule has 1 aliphatic heterocycles. The van der Waals surface area contributed by atoms with Gasteiger partial charge in [-0.15, -0.1) is 11.3 Å². The minimum absolute atomic E-state index is 0.0866. The number of allylic oxidation sites excluding steroid dienone is 6. The highest BCUT2D eigenvalue weighted by Crippen LogP contribution is 2.25. The molecule has 0 radical (unpaired) electrons. The summed E-state index contributed by atoms with van der Waals surface area (Å²) in [6.45, 7) is 10.8. The van der Waals surface area contributed by atoms with Crippen molar-refractivity contribution < 1.29 is 19.1 Å². The van der Waals surface area contributed by atoms with E-state index in [2.05, 4.69) is 30.9 Å². The number of ether oxygens (including phenoxy) is 2. The Labute approximate surface area is 238 Å². The topological polar surface area (TPSA) is 94.8 Å². The van der Waals surface area contributed by atoms with Gasteiger partial charge >= 0.3 is 11.9 Å². The van der Waals surface area contributed by atoms with E-state index >= 15 is 0 Å². The number of hydrogen-bond donors (Lipinski definition) is 1. The van der Waals surface area contributed by atoms with Crippen LogP contribution in [0.25, 0.3) is 0 Å². The van der Waals surface area contributed by atoms with Crippen LogP contribution in [0, 0.1) is 0 Å². The van der Waals surface area contributed by atoms with E-state index in [1.807, 2.05) is 58.5 Å². The van der Waals surface area contributed by atoms with Gasteiger partial charge in [0.2, 0.25) is 0 Å². The molecule has 2 bridgehead atoms. The third-order valence-electron chi connectivity index (χ3n) is 6.19. The smallest absolute Gasteiger partial charge is 0.331 e. The lowest BCUT2D eigenvalue weighted by molar-refractivity contribution is -0.148. The number of carbonyl (C=O) groups is 2. The summed E-state index contributed by atoms with van der Waals surface area (Å²) in [4.78, 5) is 32.0. The lowest BCUT2D eigenvalue weighted by Gasteiger charge is -2.18. The monoisotopic (exact) mass is 555 g/mol. The summed E-state index contributed by atoms with van der Waals surface area (Å²) in [6.07, 6.45) is 14.2. The molecule has 0 spiro atoms. The molecule has 0 amide bonds. The van der Waals surface area contributed by atoms with Crippen LogP contribution < -0.4 is 5.73 Å². The van der Waals surface area contributed by atoms with Crippen molar-refractivity contribution in [2.45, 2.75) is 84.5 Å². The van der Waals surface area contributed by atoms with E-state index in [0.717, 1.165) is 34.0 Å². The van der Waals surface area contributed by atoms with Crippen LogP contribution in [0.1, 0.15) is 70.5 Å². The predicted octanol–water partition coefficient (Wildman–Crippen LogP) is 5.66. The molecule has 2 N–H and O–H groups in total. The number of nitrogens with two attached hydrogens (primary N) is 1. The second kappa shape index (κ2) is 16.3. The second-order valence-electron chi connectivity index (χ2n) is 10.8. The van der Waals surface area contributed by atoms with Crippen LogP contribution >= 0.6 is 11.3 Å². The first kappa shape index (κ1) is 32.4. The van der Waals surface area contributed by atoms with Crippen LogP contribution in [0.4, 0.5) is 0 Å². The predicted molar refractivity (Wildman–Crippen MR) is 160 cm³/mol. The highest BCUT2D eigenvalue weighted by Gasteiger charge is 2.20. The fourth-order valence-corrected chi connectivity index (χ4v) is 5.11. The molecule has 0 unspecified atom stereocenters. The van der Waals surface area contributed by atoms with Gasteiger partial charge in [-0.1, -0.05) is 54.0 Å². The van der Waals surface area contributed by atoms with Crippen molar-refractivity contribution in [1.82, 2.24) is 9.88 Å². The van der Waals surface area contributed by atoms with Gasteiger partial charge < -0.3 is 20.1 Å². The van der Waals surface area contributed by atoms with Gasteiger partial charge in [0, 0.05) is 42.8 Å². The summed E-state index contributed by atoms with van der Waals surface area (Å²) in [5.74, 6) is -0.635. The van der Waals surface area contributed by atoms with Crippen molar-refractivity contribution in [3.63, 3.8) is 0 Å². The van der Waals surface area contributed by atoms with Crippen molar-refractivity contribution in [3.05, 3.63) is 75.3 Å². The highest BCUT2D eigenvalue weighted by molar-refractivity contribution is 7.09. The fourth-order valence-electron chi connectivity index (χ4n) is 4.15. The average molecular weight is 556 g/mol. The molecule has 2 heterocycles. The molecule has 4 atom stereocenters. The maximum absolute atomic E-state index is 12.7. The Morgan fingerprint density at radius 2 is 1.85 bits per heavy atom. The summed E-state index contributed by atoms with van der Waals surface area (Å²) < 4.78 is 11.4. The summed E-state index contributed by atoms with van der Waals surface area (Å²) in [7, 11) is 4.07. The van der Waals surface area contributed by atoms with Crippen molar-refractivity contribution in [2.75, 3.05) is 20.6 Å². The van der Waals surface area contributed by atoms with Crippen LogP contribution in [0.5, 0.6) is 0 Å². The molecular formula is C31H45N3O4S. The largest absolute Gasteiger partial charge is 0.462 e. The number of cyclic esters (lactones) is 2. The van der Waals surface area contributed by atoms with Crippen LogP contribution in [-0.4, -0.2) is 60.7 Å². The number of likely N-dealkylation sites (N-methyl/N-ethyl adjacent to an activating group) is 1. The molecular weight excluding hydrogens is 510 g/mol. The Morgan fingerprint density at radius 1 is 1.13 bits per heavy atom. The second-order valence-corrected chi connectivity index (χ2v) is 11.7. The normalized spacial score (nSPS) is 27.3. The number of hydrogen-bond acceptors (Lipinski definition) is 8. The zero-order valence-corrected chi connectivity index (χ0v) is 25.3. The molecule has 2 rings (SSSR count). The Morgan fingerprint density at radius 3 is 2.56 bits per heavy atom. The highest BCUT2D eigenvalue weighted by atomic mass is 32.1. The molecule has 214 valence electrons. The number of esters is 2. The van der Waals surface area contributed by atoms with E-state index in [1.54, 1.807) is 17.4 Å². The molecule has 0 saturated carbocycles. The molecule has 0 aromatic carbocycles. The SMILES string of the molecule is C/C1=C/C=C\C(=O)O[C@H](/C=C(C)/C=C/C(C)=C/CN(C)C)Cc2nc(cs2)[C@@H](C)C[C@@H](N)CC(=O)O[C@@H](C)C1. The zero-order valence-electron chi connectivity index (χ0n) is 24.5. The van der Waals surface area contributed by atoms with Gasteiger partial charge in [-0.05, 0) is 54.3 Å². The van der Waals surface area contributed by atoms with Crippen LogP contribution in [0.15, 0.2) is 64.6 Å². The first-order chi connectivity index (χ1) is 18.4. The molecule has 0 fully saturated rings. The summed E-state index contributed by atoms with van der Waals surface area (Å²) >= 11 is 1.54. The van der Waals surface area contributed by atoms with Gasteiger partial charge in [0.15, 0.2) is 0 Å². The zero-order chi connectivity index (χ0) is 28.9. The van der Waals surface area contributed by atoms with E-state index in [1.165, 1.54) is 6.08 Å². The van der Waals surface area contributed by atoms with Crippen molar-refractivity contribution in [1.29, 1.82) is 0 Å². The maximum atomic E-state index is 12.7. The van der Waals surface area contributed by atoms with Crippen molar-refractivity contribution in [3.8, 4) is 0 Å². The molecule has 8 heteroatoms. The van der Waals surface area contributed by atoms with Gasteiger partial charge in [0.25, 0.3) is 0 Å². The number of thiazole rings is 1. The molecule has 1 aromatic rings. The number of nitrogens with zero attached hydrogens (tertiary/aromatic N) is 2.